The number of halogens is 3. The molecule has 0 amide bonds. The van der Waals surface area contributed by atoms with Crippen molar-refractivity contribution in [1.82, 2.24) is 9.97 Å². The second-order valence-electron chi connectivity index (χ2n) is 4.99. The van der Waals surface area contributed by atoms with Gasteiger partial charge in [0.05, 0.1) is 16.2 Å². The van der Waals surface area contributed by atoms with Gasteiger partial charge in [-0.25, -0.2) is 9.97 Å². The first-order chi connectivity index (χ1) is 11.8. The SMILES string of the molecule is CCN(CC)c1ncnc(Nc2ccccc2C(F)(F)F)c1[N+](=O)[O-]. The number of benzene rings is 1. The molecule has 0 aliphatic rings. The lowest BCUT2D eigenvalue weighted by Crippen LogP contribution is -2.24. The second kappa shape index (κ2) is 7.32. The Labute approximate surface area is 141 Å². The zero-order valence-corrected chi connectivity index (χ0v) is 13.5. The van der Waals surface area contributed by atoms with Crippen molar-refractivity contribution >= 4 is 23.0 Å². The van der Waals surface area contributed by atoms with E-state index in [-0.39, 0.29) is 17.3 Å². The van der Waals surface area contributed by atoms with Gasteiger partial charge in [-0.05, 0) is 26.0 Å². The van der Waals surface area contributed by atoms with Crippen LogP contribution in [0.4, 0.5) is 36.2 Å². The number of nitro groups is 1. The van der Waals surface area contributed by atoms with Crippen LogP contribution in [0.5, 0.6) is 0 Å². The van der Waals surface area contributed by atoms with Crippen molar-refractivity contribution in [2.75, 3.05) is 23.3 Å². The minimum atomic E-state index is -4.60. The highest BCUT2D eigenvalue weighted by Crippen LogP contribution is 2.38. The summed E-state index contributed by atoms with van der Waals surface area (Å²) in [5.74, 6) is -0.240. The maximum Gasteiger partial charge on any atom is 0.418 e. The van der Waals surface area contributed by atoms with Crippen LogP contribution in [0.15, 0.2) is 30.6 Å². The van der Waals surface area contributed by atoms with Crippen LogP contribution in [-0.2, 0) is 6.18 Å². The highest BCUT2D eigenvalue weighted by Gasteiger charge is 2.34. The molecule has 0 atom stereocenters. The van der Waals surface area contributed by atoms with E-state index in [2.05, 4.69) is 15.3 Å². The molecule has 2 aromatic rings. The van der Waals surface area contributed by atoms with Gasteiger partial charge in [0.25, 0.3) is 0 Å². The molecule has 1 aromatic carbocycles. The lowest BCUT2D eigenvalue weighted by Gasteiger charge is -2.20. The number of nitrogens with zero attached hydrogens (tertiary/aromatic N) is 4. The summed E-state index contributed by atoms with van der Waals surface area (Å²) in [5, 5.41) is 13.9. The quantitative estimate of drug-likeness (QED) is 0.623. The van der Waals surface area contributed by atoms with E-state index in [1.165, 1.54) is 18.2 Å². The van der Waals surface area contributed by atoms with Crippen LogP contribution in [-0.4, -0.2) is 28.0 Å². The maximum absolute atomic E-state index is 13.1. The molecule has 0 aliphatic heterocycles. The van der Waals surface area contributed by atoms with Crippen molar-refractivity contribution in [3.63, 3.8) is 0 Å². The first-order valence-electron chi connectivity index (χ1n) is 7.47. The van der Waals surface area contributed by atoms with E-state index in [0.717, 1.165) is 12.4 Å². The molecule has 134 valence electrons. The predicted octanol–water partition coefficient (Wildman–Crippen LogP) is 3.99. The topological polar surface area (TPSA) is 84.2 Å². The molecular weight excluding hydrogens is 339 g/mol. The van der Waals surface area contributed by atoms with Crippen molar-refractivity contribution in [3.05, 3.63) is 46.3 Å². The van der Waals surface area contributed by atoms with Crippen LogP contribution in [0.25, 0.3) is 0 Å². The lowest BCUT2D eigenvalue weighted by atomic mass is 10.1. The van der Waals surface area contributed by atoms with E-state index in [1.54, 1.807) is 18.7 Å². The molecule has 0 radical (unpaired) electrons. The molecule has 0 unspecified atom stereocenters. The Morgan fingerprint density at radius 3 is 2.40 bits per heavy atom. The Morgan fingerprint density at radius 2 is 1.84 bits per heavy atom. The van der Waals surface area contributed by atoms with Crippen LogP contribution in [0.3, 0.4) is 0 Å². The average Bonchev–Trinajstić information content (AvgIpc) is 2.55. The van der Waals surface area contributed by atoms with Gasteiger partial charge in [0.1, 0.15) is 6.33 Å². The van der Waals surface area contributed by atoms with Crippen LogP contribution < -0.4 is 10.2 Å². The van der Waals surface area contributed by atoms with Crippen molar-refractivity contribution in [3.8, 4) is 0 Å². The number of alkyl halides is 3. The van der Waals surface area contributed by atoms with Crippen LogP contribution >= 0.6 is 0 Å². The Bertz CT molecular complexity index is 763. The largest absolute Gasteiger partial charge is 0.418 e. The second-order valence-corrected chi connectivity index (χ2v) is 4.99. The third-order valence-electron chi connectivity index (χ3n) is 3.53. The van der Waals surface area contributed by atoms with Crippen molar-refractivity contribution in [2.24, 2.45) is 0 Å². The van der Waals surface area contributed by atoms with Gasteiger partial charge in [-0.3, -0.25) is 10.1 Å². The summed E-state index contributed by atoms with van der Waals surface area (Å²) in [4.78, 5) is 20.1. The summed E-state index contributed by atoms with van der Waals surface area (Å²) in [6.45, 7) is 4.49. The molecule has 2 rings (SSSR count). The lowest BCUT2D eigenvalue weighted by molar-refractivity contribution is -0.383. The van der Waals surface area contributed by atoms with E-state index in [0.29, 0.717) is 13.1 Å². The Kier molecular flexibility index (Phi) is 5.40. The van der Waals surface area contributed by atoms with Crippen molar-refractivity contribution in [1.29, 1.82) is 0 Å². The van der Waals surface area contributed by atoms with Gasteiger partial charge in [-0.15, -0.1) is 0 Å². The predicted molar refractivity (Wildman–Crippen MR) is 87.0 cm³/mol. The molecule has 25 heavy (non-hydrogen) atoms. The molecule has 1 N–H and O–H groups in total. The van der Waals surface area contributed by atoms with E-state index >= 15 is 0 Å². The first-order valence-corrected chi connectivity index (χ1v) is 7.47. The minimum Gasteiger partial charge on any atom is -0.351 e. The normalized spacial score (nSPS) is 11.2. The third kappa shape index (κ3) is 3.95. The molecule has 0 spiro atoms. The van der Waals surface area contributed by atoms with Gasteiger partial charge in [0.15, 0.2) is 0 Å². The molecular formula is C15H16F3N5O2. The molecule has 1 heterocycles. The van der Waals surface area contributed by atoms with Gasteiger partial charge >= 0.3 is 11.9 Å². The summed E-state index contributed by atoms with van der Waals surface area (Å²) in [6.07, 6.45) is -3.52. The fourth-order valence-electron chi connectivity index (χ4n) is 2.35. The van der Waals surface area contributed by atoms with Gasteiger partial charge in [-0.1, -0.05) is 12.1 Å². The molecule has 0 saturated carbocycles. The van der Waals surface area contributed by atoms with Crippen molar-refractivity contribution < 1.29 is 18.1 Å². The number of hydrogen-bond donors (Lipinski definition) is 1. The molecule has 7 nitrogen and oxygen atoms in total. The van der Waals surface area contributed by atoms with Crippen LogP contribution in [0.1, 0.15) is 19.4 Å². The summed E-state index contributed by atoms with van der Waals surface area (Å²) < 4.78 is 39.3. The van der Waals surface area contributed by atoms with Gasteiger partial charge in [-0.2, -0.15) is 13.2 Å². The molecule has 0 aliphatic carbocycles. The standard InChI is InChI=1S/C15H16F3N5O2/c1-3-22(4-2)14-12(23(24)25)13(19-9-20-14)21-11-8-6-5-7-10(11)15(16,17)18/h5-9H,3-4H2,1-2H3,(H,19,20,21). The number of aromatic nitrogens is 2. The Morgan fingerprint density at radius 1 is 1.20 bits per heavy atom. The smallest absolute Gasteiger partial charge is 0.351 e. The number of para-hydroxylation sites is 1. The highest BCUT2D eigenvalue weighted by molar-refractivity contribution is 5.75. The van der Waals surface area contributed by atoms with Gasteiger partial charge in [0.2, 0.25) is 11.6 Å². The molecule has 0 bridgehead atoms. The van der Waals surface area contributed by atoms with Crippen LogP contribution in [0.2, 0.25) is 0 Å². The summed E-state index contributed by atoms with van der Waals surface area (Å²) in [5.41, 5.74) is -1.72. The molecule has 10 heteroatoms. The molecule has 0 saturated heterocycles. The maximum atomic E-state index is 13.1. The summed E-state index contributed by atoms with van der Waals surface area (Å²) in [7, 11) is 0. The monoisotopic (exact) mass is 355 g/mol. The van der Waals surface area contributed by atoms with E-state index in [1.807, 2.05) is 0 Å². The van der Waals surface area contributed by atoms with E-state index in [4.69, 9.17) is 0 Å². The highest BCUT2D eigenvalue weighted by atomic mass is 19.4. The zero-order chi connectivity index (χ0) is 18.6. The van der Waals surface area contributed by atoms with Crippen LogP contribution in [0, 0.1) is 10.1 Å². The third-order valence-corrected chi connectivity index (χ3v) is 3.53. The van der Waals surface area contributed by atoms with E-state index < -0.39 is 22.4 Å². The van der Waals surface area contributed by atoms with Gasteiger partial charge < -0.3 is 10.2 Å². The molecule has 1 aromatic heterocycles. The summed E-state index contributed by atoms with van der Waals surface area (Å²) >= 11 is 0. The Balaban J connectivity index is 2.55. The van der Waals surface area contributed by atoms with Gasteiger partial charge in [0, 0.05) is 13.1 Å². The Hall–Kier alpha value is -2.91. The average molecular weight is 355 g/mol. The number of rotatable bonds is 6. The first kappa shape index (κ1) is 18.4. The summed E-state index contributed by atoms with van der Waals surface area (Å²) in [6, 6.07) is 4.71. The number of anilines is 3. The minimum absolute atomic E-state index is 0.0528. The molecule has 0 fully saturated rings. The van der Waals surface area contributed by atoms with Crippen molar-refractivity contribution in [2.45, 2.75) is 20.0 Å². The number of nitrogens with one attached hydrogen (secondary N) is 1. The fourth-order valence-corrected chi connectivity index (χ4v) is 2.35. The zero-order valence-electron chi connectivity index (χ0n) is 13.5. The fraction of sp³-hybridized carbons (Fsp3) is 0.333. The van der Waals surface area contributed by atoms with E-state index in [9.17, 15) is 23.3 Å². The number of hydrogen-bond acceptors (Lipinski definition) is 6.